The zero-order valence-electron chi connectivity index (χ0n) is 28.5. The average molecular weight is 613 g/mol. The van der Waals surface area contributed by atoms with Crippen LogP contribution in [0, 0.1) is 50.2 Å². The molecule has 44 heavy (non-hydrogen) atoms. The first kappa shape index (κ1) is 32.5. The van der Waals surface area contributed by atoms with Gasteiger partial charge < -0.3 is 20.2 Å². The monoisotopic (exact) mass is 612 g/mol. The van der Waals surface area contributed by atoms with Crippen LogP contribution in [0.3, 0.4) is 0 Å². The van der Waals surface area contributed by atoms with Crippen LogP contribution in [-0.4, -0.2) is 82.4 Å². The van der Waals surface area contributed by atoms with Crippen molar-refractivity contribution in [3.05, 3.63) is 11.6 Å². The molecule has 6 rings (SSSR count). The molecule has 5 fully saturated rings. The minimum atomic E-state index is -0.761. The largest absolute Gasteiger partial charge is 0.481 e. The van der Waals surface area contributed by atoms with Crippen LogP contribution >= 0.6 is 0 Å². The number of carboxylic acids is 1. The molecule has 0 bridgehead atoms. The molecular weight excluding hydrogens is 552 g/mol. The second-order valence-corrected chi connectivity index (χ2v) is 17.9. The Hall–Kier alpha value is -1.44. The van der Waals surface area contributed by atoms with E-state index in [1.807, 2.05) is 0 Å². The molecule has 1 heterocycles. The normalized spacial score (nSPS) is 47.0. The maximum atomic E-state index is 14.7. The zero-order chi connectivity index (χ0) is 31.9. The number of rotatable bonds is 5. The lowest BCUT2D eigenvalue weighted by atomic mass is 9.33. The number of nitrogens with zero attached hydrogens (tertiary/aromatic N) is 2. The number of aliphatic hydroxyl groups is 2. The Morgan fingerprint density at radius 1 is 0.886 bits per heavy atom. The van der Waals surface area contributed by atoms with E-state index in [1.54, 1.807) is 5.57 Å². The highest BCUT2D eigenvalue weighted by Gasteiger charge is 2.69. The summed E-state index contributed by atoms with van der Waals surface area (Å²) >= 11 is 0. The van der Waals surface area contributed by atoms with Gasteiger partial charge in [0.1, 0.15) is 0 Å². The summed E-state index contributed by atoms with van der Waals surface area (Å²) in [4.78, 5) is 30.2. The predicted molar refractivity (Wildman–Crippen MR) is 172 cm³/mol. The summed E-state index contributed by atoms with van der Waals surface area (Å²) in [6, 6.07) is 0. The number of hydrogen-bond acceptors (Lipinski definition) is 5. The Morgan fingerprint density at radius 2 is 1.57 bits per heavy atom. The third kappa shape index (κ3) is 4.59. The summed E-state index contributed by atoms with van der Waals surface area (Å²) in [5.74, 6) is 0.679. The Kier molecular flexibility index (Phi) is 7.98. The Labute approximate surface area is 265 Å². The van der Waals surface area contributed by atoms with Gasteiger partial charge in [0.25, 0.3) is 0 Å². The van der Waals surface area contributed by atoms with Crippen LogP contribution in [0.25, 0.3) is 0 Å². The van der Waals surface area contributed by atoms with Gasteiger partial charge in [0, 0.05) is 38.1 Å². The van der Waals surface area contributed by atoms with E-state index in [-0.39, 0.29) is 46.0 Å². The number of piperazine rings is 1. The predicted octanol–water partition coefficient (Wildman–Crippen LogP) is 5.74. The van der Waals surface area contributed by atoms with Crippen LogP contribution in [0.1, 0.15) is 112 Å². The van der Waals surface area contributed by atoms with Gasteiger partial charge >= 0.3 is 5.97 Å². The van der Waals surface area contributed by atoms with Crippen molar-refractivity contribution in [2.45, 2.75) is 118 Å². The molecule has 4 saturated carbocycles. The van der Waals surface area contributed by atoms with Crippen molar-refractivity contribution in [3.8, 4) is 0 Å². The molecule has 0 radical (unpaired) electrons. The van der Waals surface area contributed by atoms with Gasteiger partial charge in [0.15, 0.2) is 0 Å². The number of allylic oxidation sites excluding steroid dienone is 2. The van der Waals surface area contributed by atoms with E-state index in [0.29, 0.717) is 37.4 Å². The van der Waals surface area contributed by atoms with Crippen molar-refractivity contribution in [3.63, 3.8) is 0 Å². The highest BCUT2D eigenvalue weighted by atomic mass is 16.4. The third-order valence-electron chi connectivity index (χ3n) is 15.5. The highest BCUT2D eigenvalue weighted by Crippen LogP contribution is 2.75. The van der Waals surface area contributed by atoms with Crippen LogP contribution in [0.5, 0.6) is 0 Å². The number of carbonyl (C=O) groups excluding carboxylic acids is 1. The Bertz CT molecular complexity index is 1190. The van der Waals surface area contributed by atoms with E-state index in [2.05, 4.69) is 57.4 Å². The van der Waals surface area contributed by atoms with E-state index < -0.39 is 17.5 Å². The number of aliphatic carboxylic acids is 1. The van der Waals surface area contributed by atoms with Crippen LogP contribution in [-0.2, 0) is 9.59 Å². The smallest absolute Gasteiger partial charge is 0.304 e. The van der Waals surface area contributed by atoms with Crippen LogP contribution < -0.4 is 0 Å². The van der Waals surface area contributed by atoms with Gasteiger partial charge in [0.05, 0.1) is 24.5 Å². The zero-order valence-corrected chi connectivity index (χ0v) is 28.5. The minimum absolute atomic E-state index is 0.0347. The standard InChI is InChI=1S/C37H60N2O5/c1-32(2)14-16-37(31(44)39-21-19-38(20-22-39)18-11-30(42)43)17-15-35(5)25(26(37)23-32)7-8-28-33(3)12-10-29(41)34(4,24-40)27(33)9-13-36(28,35)6/h7,26-29,40-41H,8-24H2,1-6H3,(H,42,43)/t26-,27+,28+,29-,33-,34-,35+,36+,37-/m0/s1. The third-order valence-corrected chi connectivity index (χ3v) is 15.5. The molecule has 0 aromatic rings. The number of aliphatic hydroxyl groups excluding tert-OH is 2. The summed E-state index contributed by atoms with van der Waals surface area (Å²) in [7, 11) is 0. The van der Waals surface area contributed by atoms with Gasteiger partial charge in [-0.2, -0.15) is 0 Å². The number of carbonyl (C=O) groups is 2. The van der Waals surface area contributed by atoms with Crippen molar-refractivity contribution in [1.82, 2.24) is 9.80 Å². The summed E-state index contributed by atoms with van der Waals surface area (Å²) in [5.41, 5.74) is 1.22. The molecule has 0 spiro atoms. The summed E-state index contributed by atoms with van der Waals surface area (Å²) in [5, 5.41) is 30.8. The second-order valence-electron chi connectivity index (χ2n) is 17.9. The van der Waals surface area contributed by atoms with Crippen molar-refractivity contribution >= 4 is 11.9 Å². The quantitative estimate of drug-likeness (QED) is 0.343. The molecule has 0 unspecified atom stereocenters. The lowest BCUT2D eigenvalue weighted by Gasteiger charge is -2.71. The molecule has 1 aliphatic heterocycles. The molecule has 7 nitrogen and oxygen atoms in total. The fraction of sp³-hybridized carbons (Fsp3) is 0.892. The van der Waals surface area contributed by atoms with Crippen LogP contribution in [0.15, 0.2) is 11.6 Å². The van der Waals surface area contributed by atoms with Gasteiger partial charge in [-0.3, -0.25) is 14.5 Å². The maximum Gasteiger partial charge on any atom is 0.304 e. The van der Waals surface area contributed by atoms with Crippen molar-refractivity contribution in [1.29, 1.82) is 0 Å². The van der Waals surface area contributed by atoms with Crippen LogP contribution in [0.2, 0.25) is 0 Å². The molecule has 1 amide bonds. The summed E-state index contributed by atoms with van der Waals surface area (Å²) < 4.78 is 0. The maximum absolute atomic E-state index is 14.7. The van der Waals surface area contributed by atoms with Gasteiger partial charge in [0.2, 0.25) is 5.91 Å². The van der Waals surface area contributed by atoms with Crippen molar-refractivity contribution in [2.24, 2.45) is 50.2 Å². The van der Waals surface area contributed by atoms with Crippen molar-refractivity contribution in [2.75, 3.05) is 39.3 Å². The molecule has 5 aliphatic carbocycles. The van der Waals surface area contributed by atoms with Gasteiger partial charge in [-0.1, -0.05) is 53.2 Å². The van der Waals surface area contributed by atoms with E-state index in [0.717, 1.165) is 77.3 Å². The Balaban J connectivity index is 1.32. The summed E-state index contributed by atoms with van der Waals surface area (Å²) in [6.45, 7) is 18.1. The SMILES string of the molecule is CC1(C)CC[C@]2(C(=O)N3CCN(CCC(=O)O)CC3)CC[C@]3(C)C(=CC[C@@H]4[C@@]5(C)CC[C@H](O)[C@@](C)(CO)[C@@H]5CC[C@]43C)[C@@H]2C1. The molecule has 0 aromatic heterocycles. The first-order valence-corrected chi connectivity index (χ1v) is 17.8. The van der Waals surface area contributed by atoms with Crippen LogP contribution in [0.4, 0.5) is 0 Å². The highest BCUT2D eigenvalue weighted by molar-refractivity contribution is 5.84. The van der Waals surface area contributed by atoms with Gasteiger partial charge in [-0.05, 0) is 104 Å². The molecule has 0 aromatic carbocycles. The number of hydrogen-bond donors (Lipinski definition) is 3. The fourth-order valence-electron chi connectivity index (χ4n) is 12.4. The molecule has 7 heteroatoms. The second kappa shape index (κ2) is 10.8. The molecule has 9 atom stereocenters. The molecule has 1 saturated heterocycles. The lowest BCUT2D eigenvalue weighted by Crippen LogP contribution is -2.66. The fourth-order valence-corrected chi connectivity index (χ4v) is 12.4. The first-order chi connectivity index (χ1) is 20.6. The van der Waals surface area contributed by atoms with Gasteiger partial charge in [-0.15, -0.1) is 0 Å². The molecular formula is C37H60N2O5. The molecule has 248 valence electrons. The first-order valence-electron chi connectivity index (χ1n) is 17.8. The molecule has 6 aliphatic rings. The minimum Gasteiger partial charge on any atom is -0.481 e. The van der Waals surface area contributed by atoms with E-state index in [1.165, 1.54) is 0 Å². The van der Waals surface area contributed by atoms with E-state index in [9.17, 15) is 19.8 Å². The Morgan fingerprint density at radius 3 is 2.23 bits per heavy atom. The topological polar surface area (TPSA) is 101 Å². The number of fused-ring (bicyclic) bond motifs is 7. The van der Waals surface area contributed by atoms with E-state index >= 15 is 0 Å². The summed E-state index contributed by atoms with van der Waals surface area (Å²) in [6.07, 6.45) is 12.4. The number of carboxylic acid groups (broad SMARTS) is 1. The number of amides is 1. The van der Waals surface area contributed by atoms with E-state index in [4.69, 9.17) is 5.11 Å². The molecule has 3 N–H and O–H groups in total. The van der Waals surface area contributed by atoms with Gasteiger partial charge in [-0.25, -0.2) is 0 Å². The lowest BCUT2D eigenvalue weighted by molar-refractivity contribution is -0.216. The average Bonchev–Trinajstić information content (AvgIpc) is 2.98. The van der Waals surface area contributed by atoms with Crippen molar-refractivity contribution < 1.29 is 24.9 Å².